The molecule has 0 amide bonds. The molecule has 0 aromatic heterocycles. The van der Waals surface area contributed by atoms with Crippen LogP contribution in [0.2, 0.25) is 5.02 Å². The van der Waals surface area contributed by atoms with Crippen LogP contribution in [0.3, 0.4) is 0 Å². The maximum atomic E-state index is 6.17. The van der Waals surface area contributed by atoms with Gasteiger partial charge in [0.1, 0.15) is 0 Å². The van der Waals surface area contributed by atoms with E-state index in [0.717, 1.165) is 22.8 Å². The van der Waals surface area contributed by atoms with Crippen LogP contribution in [0, 0.1) is 0 Å². The van der Waals surface area contributed by atoms with Gasteiger partial charge in [0.05, 0.1) is 0 Å². The van der Waals surface area contributed by atoms with E-state index in [1.807, 2.05) is 18.2 Å². The summed E-state index contributed by atoms with van der Waals surface area (Å²) in [5, 5.41) is 0.782. The molecule has 0 heterocycles. The number of hydrogen-bond donors (Lipinski definition) is 1. The Bertz CT molecular complexity index is 339. The molecule has 0 atom stereocenters. The fraction of sp³-hybridized carbons (Fsp3) is 0.538. The molecule has 0 aliphatic heterocycles. The molecule has 1 aliphatic rings. The van der Waals surface area contributed by atoms with Crippen LogP contribution in [0.5, 0.6) is 0 Å². The zero-order valence-corrected chi connectivity index (χ0v) is 10.5. The van der Waals surface area contributed by atoms with Gasteiger partial charge >= 0.3 is 0 Å². The zero-order valence-electron chi connectivity index (χ0n) is 9.75. The van der Waals surface area contributed by atoms with E-state index in [4.69, 9.17) is 17.3 Å². The number of nitrogens with two attached hydrogens (primary N) is 1. The van der Waals surface area contributed by atoms with Crippen LogP contribution >= 0.6 is 11.6 Å². The first kappa shape index (κ1) is 11.7. The maximum Gasteiger partial charge on any atom is 0.0471 e. The molecule has 0 radical (unpaired) electrons. The summed E-state index contributed by atoms with van der Waals surface area (Å²) in [6, 6.07) is 6.44. The number of rotatable bonds is 3. The Morgan fingerprint density at radius 1 is 1.38 bits per heavy atom. The molecule has 2 rings (SSSR count). The maximum absolute atomic E-state index is 6.17. The quantitative estimate of drug-likeness (QED) is 0.819. The van der Waals surface area contributed by atoms with E-state index < -0.39 is 0 Å². The Hall–Kier alpha value is -0.730. The Morgan fingerprint density at radius 3 is 2.69 bits per heavy atom. The highest BCUT2D eigenvalue weighted by molar-refractivity contribution is 6.31. The van der Waals surface area contributed by atoms with Crippen LogP contribution in [0.25, 0.3) is 0 Å². The zero-order chi connectivity index (χ0) is 11.5. The Kier molecular flexibility index (Phi) is 3.72. The number of nitrogens with zero attached hydrogens (tertiary/aromatic N) is 1. The van der Waals surface area contributed by atoms with Crippen molar-refractivity contribution >= 4 is 17.3 Å². The van der Waals surface area contributed by atoms with Crippen molar-refractivity contribution in [3.05, 3.63) is 28.8 Å². The van der Waals surface area contributed by atoms with Crippen molar-refractivity contribution in [1.29, 1.82) is 0 Å². The molecule has 0 unspecified atom stereocenters. The molecular formula is C13H19ClN2. The number of anilines is 1. The molecule has 3 heteroatoms. The summed E-state index contributed by atoms with van der Waals surface area (Å²) in [7, 11) is 2.17. The van der Waals surface area contributed by atoms with Gasteiger partial charge in [-0.3, -0.25) is 4.90 Å². The van der Waals surface area contributed by atoms with Crippen molar-refractivity contribution in [3.8, 4) is 0 Å². The summed E-state index contributed by atoms with van der Waals surface area (Å²) in [6.07, 6.45) is 5.32. The lowest BCUT2D eigenvalue weighted by Gasteiger charge is -2.25. The smallest absolute Gasteiger partial charge is 0.0471 e. The number of benzene rings is 1. The van der Waals surface area contributed by atoms with Gasteiger partial charge in [-0.05, 0) is 32.0 Å². The second kappa shape index (κ2) is 5.07. The molecule has 1 aromatic rings. The van der Waals surface area contributed by atoms with Crippen LogP contribution in [0.15, 0.2) is 18.2 Å². The van der Waals surface area contributed by atoms with E-state index >= 15 is 0 Å². The summed E-state index contributed by atoms with van der Waals surface area (Å²) in [5.41, 5.74) is 7.83. The lowest BCUT2D eigenvalue weighted by atomic mass is 10.1. The predicted molar refractivity (Wildman–Crippen MR) is 69.6 cm³/mol. The normalized spacial score (nSPS) is 17.2. The van der Waals surface area contributed by atoms with Gasteiger partial charge in [-0.2, -0.15) is 0 Å². The first-order valence-corrected chi connectivity index (χ1v) is 6.29. The van der Waals surface area contributed by atoms with E-state index in [9.17, 15) is 0 Å². The summed E-state index contributed by atoms with van der Waals surface area (Å²) in [6.45, 7) is 0.857. The summed E-state index contributed by atoms with van der Waals surface area (Å²) in [5.74, 6) is 0. The molecule has 0 saturated heterocycles. The molecule has 1 aromatic carbocycles. The van der Waals surface area contributed by atoms with Crippen molar-refractivity contribution in [1.82, 2.24) is 4.90 Å². The van der Waals surface area contributed by atoms with Gasteiger partial charge in [0.25, 0.3) is 0 Å². The first-order chi connectivity index (χ1) is 7.68. The molecule has 2 nitrogen and oxygen atoms in total. The average molecular weight is 239 g/mol. The van der Waals surface area contributed by atoms with Crippen LogP contribution < -0.4 is 5.73 Å². The number of hydrogen-bond acceptors (Lipinski definition) is 2. The second-order valence-corrected chi connectivity index (χ2v) is 5.07. The first-order valence-electron chi connectivity index (χ1n) is 5.91. The average Bonchev–Trinajstić information content (AvgIpc) is 2.76. The minimum absolute atomic E-state index is 0.704. The Balaban J connectivity index is 2.07. The van der Waals surface area contributed by atoms with Gasteiger partial charge in [-0.25, -0.2) is 0 Å². The number of halogens is 1. The largest absolute Gasteiger partial charge is 0.398 e. The van der Waals surface area contributed by atoms with E-state index in [-0.39, 0.29) is 0 Å². The van der Waals surface area contributed by atoms with Crippen molar-refractivity contribution in [2.24, 2.45) is 0 Å². The fourth-order valence-corrected chi connectivity index (χ4v) is 2.71. The molecular weight excluding hydrogens is 220 g/mol. The lowest BCUT2D eigenvalue weighted by Crippen LogP contribution is -2.29. The van der Waals surface area contributed by atoms with Gasteiger partial charge in [0.2, 0.25) is 0 Å². The van der Waals surface area contributed by atoms with Crippen molar-refractivity contribution in [2.75, 3.05) is 12.8 Å². The van der Waals surface area contributed by atoms with Crippen molar-refractivity contribution in [2.45, 2.75) is 38.3 Å². The molecule has 16 heavy (non-hydrogen) atoms. The van der Waals surface area contributed by atoms with E-state index in [2.05, 4.69) is 11.9 Å². The van der Waals surface area contributed by atoms with Gasteiger partial charge in [0, 0.05) is 28.9 Å². The van der Waals surface area contributed by atoms with Gasteiger partial charge in [-0.1, -0.05) is 30.5 Å². The summed E-state index contributed by atoms with van der Waals surface area (Å²) in [4.78, 5) is 2.38. The summed E-state index contributed by atoms with van der Waals surface area (Å²) < 4.78 is 0. The SMILES string of the molecule is CN(Cc1c(N)cccc1Cl)C1CCCC1. The van der Waals surface area contributed by atoms with E-state index in [1.165, 1.54) is 25.7 Å². The van der Waals surface area contributed by atoms with Crippen LogP contribution in [-0.2, 0) is 6.54 Å². The predicted octanol–water partition coefficient (Wildman–Crippen LogP) is 3.30. The minimum atomic E-state index is 0.704. The molecule has 1 aliphatic carbocycles. The fourth-order valence-electron chi connectivity index (χ4n) is 2.47. The van der Waals surface area contributed by atoms with Crippen molar-refractivity contribution < 1.29 is 0 Å². The lowest BCUT2D eigenvalue weighted by molar-refractivity contribution is 0.238. The molecule has 0 spiro atoms. The molecule has 88 valence electrons. The van der Waals surface area contributed by atoms with Gasteiger partial charge in [-0.15, -0.1) is 0 Å². The monoisotopic (exact) mass is 238 g/mol. The van der Waals surface area contributed by atoms with Crippen molar-refractivity contribution in [3.63, 3.8) is 0 Å². The topological polar surface area (TPSA) is 29.3 Å². The minimum Gasteiger partial charge on any atom is -0.398 e. The van der Waals surface area contributed by atoms with Crippen LogP contribution in [-0.4, -0.2) is 18.0 Å². The van der Waals surface area contributed by atoms with Gasteiger partial charge < -0.3 is 5.73 Å². The third-order valence-electron chi connectivity index (χ3n) is 3.51. The highest BCUT2D eigenvalue weighted by Crippen LogP contribution is 2.27. The second-order valence-electron chi connectivity index (χ2n) is 4.66. The molecule has 1 fully saturated rings. The molecule has 0 bridgehead atoms. The number of nitrogen functional groups attached to an aromatic ring is 1. The van der Waals surface area contributed by atoms with Crippen LogP contribution in [0.4, 0.5) is 5.69 Å². The third kappa shape index (κ3) is 2.50. The van der Waals surface area contributed by atoms with Crippen LogP contribution in [0.1, 0.15) is 31.2 Å². The third-order valence-corrected chi connectivity index (χ3v) is 3.86. The summed E-state index contributed by atoms with van der Waals surface area (Å²) >= 11 is 6.17. The van der Waals surface area contributed by atoms with Gasteiger partial charge in [0.15, 0.2) is 0 Å². The standard InChI is InChI=1S/C13H19ClN2/c1-16(10-5-2-3-6-10)9-11-12(14)7-4-8-13(11)15/h4,7-8,10H,2-3,5-6,9,15H2,1H3. The molecule has 2 N–H and O–H groups in total. The highest BCUT2D eigenvalue weighted by Gasteiger charge is 2.20. The highest BCUT2D eigenvalue weighted by atomic mass is 35.5. The Labute approximate surface area is 102 Å². The van der Waals surface area contributed by atoms with E-state index in [1.54, 1.807) is 0 Å². The Morgan fingerprint density at radius 2 is 2.06 bits per heavy atom. The van der Waals surface area contributed by atoms with E-state index in [0.29, 0.717) is 6.04 Å². The molecule has 1 saturated carbocycles.